The van der Waals surface area contributed by atoms with Crippen molar-refractivity contribution in [1.29, 1.82) is 0 Å². The Labute approximate surface area is 178 Å². The minimum Gasteiger partial charge on any atom is -0.294 e. The van der Waals surface area contributed by atoms with Crippen molar-refractivity contribution in [3.8, 4) is 0 Å². The standard InChI is InChI=1S/C21H29N5O3S/c1-21(2)12-17-19(18(27)13-21)20(23-25(17)14-15-8-5-6-10-22-15)16-9-7-11-26(16)30(28,29)24(3)4/h5-6,8,10,16H,7,9,11-14H2,1-4H3/t16-/m0/s1. The van der Waals surface area contributed by atoms with Gasteiger partial charge in [-0.1, -0.05) is 19.9 Å². The van der Waals surface area contributed by atoms with Crippen molar-refractivity contribution in [1.82, 2.24) is 23.4 Å². The zero-order chi connectivity index (χ0) is 21.7. The molecule has 1 atom stereocenters. The summed E-state index contributed by atoms with van der Waals surface area (Å²) >= 11 is 0. The second-order valence-electron chi connectivity index (χ2n) is 9.19. The van der Waals surface area contributed by atoms with Crippen LogP contribution in [0, 0.1) is 5.41 Å². The van der Waals surface area contributed by atoms with Gasteiger partial charge in [0.2, 0.25) is 0 Å². The number of fused-ring (bicyclic) bond motifs is 1. The van der Waals surface area contributed by atoms with Gasteiger partial charge in [-0.25, -0.2) is 0 Å². The molecule has 0 amide bonds. The third-order valence-corrected chi connectivity index (χ3v) is 7.92. The first-order valence-corrected chi connectivity index (χ1v) is 11.7. The van der Waals surface area contributed by atoms with Crippen LogP contribution in [0.3, 0.4) is 0 Å². The molecule has 0 N–H and O–H groups in total. The van der Waals surface area contributed by atoms with E-state index >= 15 is 0 Å². The van der Waals surface area contributed by atoms with Crippen molar-refractivity contribution in [2.75, 3.05) is 20.6 Å². The molecule has 0 radical (unpaired) electrons. The van der Waals surface area contributed by atoms with Crippen molar-refractivity contribution >= 4 is 16.0 Å². The fourth-order valence-electron chi connectivity index (χ4n) is 4.55. The number of Topliss-reactive ketones (excluding diaryl/α,β-unsaturated/α-hetero) is 1. The lowest BCUT2D eigenvalue weighted by molar-refractivity contribution is 0.0907. The molecule has 0 aromatic carbocycles. The Morgan fingerprint density at radius 3 is 2.67 bits per heavy atom. The Hall–Kier alpha value is -2.10. The van der Waals surface area contributed by atoms with Crippen molar-refractivity contribution in [2.24, 2.45) is 5.41 Å². The van der Waals surface area contributed by atoms with Crippen molar-refractivity contribution < 1.29 is 13.2 Å². The topological polar surface area (TPSA) is 88.4 Å². The molecule has 2 aromatic heterocycles. The van der Waals surface area contributed by atoms with Crippen LogP contribution in [0.4, 0.5) is 0 Å². The lowest BCUT2D eigenvalue weighted by Crippen LogP contribution is -2.40. The number of pyridine rings is 1. The van der Waals surface area contributed by atoms with Crippen LogP contribution in [-0.4, -0.2) is 58.2 Å². The minimum atomic E-state index is -3.60. The fraction of sp³-hybridized carbons (Fsp3) is 0.571. The zero-order valence-corrected chi connectivity index (χ0v) is 18.8. The maximum Gasteiger partial charge on any atom is 0.282 e. The molecule has 0 saturated carbocycles. The Kier molecular flexibility index (Phi) is 5.32. The van der Waals surface area contributed by atoms with Gasteiger partial charge in [-0.2, -0.15) is 22.1 Å². The molecule has 0 bridgehead atoms. The van der Waals surface area contributed by atoms with E-state index in [9.17, 15) is 13.2 Å². The van der Waals surface area contributed by atoms with Crippen molar-refractivity contribution in [3.05, 3.63) is 47.0 Å². The maximum absolute atomic E-state index is 13.2. The summed E-state index contributed by atoms with van der Waals surface area (Å²) in [6.45, 7) is 5.07. The molecular formula is C21H29N5O3S. The summed E-state index contributed by atoms with van der Waals surface area (Å²) in [5.74, 6) is 0.0534. The predicted octanol–water partition coefficient (Wildman–Crippen LogP) is 2.42. The van der Waals surface area contributed by atoms with Crippen LogP contribution in [-0.2, 0) is 23.2 Å². The first-order valence-electron chi connectivity index (χ1n) is 10.3. The van der Waals surface area contributed by atoms with Gasteiger partial charge in [-0.05, 0) is 36.8 Å². The van der Waals surface area contributed by atoms with Crippen LogP contribution in [0.25, 0.3) is 0 Å². The molecule has 162 valence electrons. The van der Waals surface area contributed by atoms with Gasteiger partial charge in [-0.15, -0.1) is 0 Å². The van der Waals surface area contributed by atoms with E-state index in [1.807, 2.05) is 22.9 Å². The van der Waals surface area contributed by atoms with Crippen molar-refractivity contribution in [2.45, 2.75) is 52.1 Å². The Morgan fingerprint density at radius 2 is 2.00 bits per heavy atom. The van der Waals surface area contributed by atoms with Gasteiger partial charge < -0.3 is 0 Å². The number of rotatable bonds is 5. The first kappa shape index (κ1) is 21.1. The summed E-state index contributed by atoms with van der Waals surface area (Å²) in [5.41, 5.74) is 2.81. The quantitative estimate of drug-likeness (QED) is 0.725. The smallest absolute Gasteiger partial charge is 0.282 e. The SMILES string of the molecule is CN(C)S(=O)(=O)N1CCC[C@H]1c1nn(Cc2ccccn2)c2c1C(=O)CC(C)(C)C2. The van der Waals surface area contributed by atoms with Crippen LogP contribution in [0.2, 0.25) is 0 Å². The number of hydrogen-bond acceptors (Lipinski definition) is 5. The number of ketones is 1. The molecule has 4 rings (SSSR count). The van der Waals surface area contributed by atoms with E-state index in [4.69, 9.17) is 5.10 Å². The summed E-state index contributed by atoms with van der Waals surface area (Å²) in [4.78, 5) is 17.6. The van der Waals surface area contributed by atoms with Gasteiger partial charge in [0.1, 0.15) is 0 Å². The van der Waals surface area contributed by atoms with Crippen LogP contribution < -0.4 is 0 Å². The average Bonchev–Trinajstić information content (AvgIpc) is 3.27. The van der Waals surface area contributed by atoms with E-state index in [0.717, 1.165) is 24.2 Å². The Balaban J connectivity index is 1.82. The number of nitrogens with zero attached hydrogens (tertiary/aromatic N) is 5. The van der Waals surface area contributed by atoms with Crippen LogP contribution in [0.5, 0.6) is 0 Å². The minimum absolute atomic E-state index is 0.0534. The van der Waals surface area contributed by atoms with Gasteiger partial charge in [0.25, 0.3) is 10.2 Å². The molecule has 0 spiro atoms. The Bertz CT molecular complexity index is 1060. The number of hydrogen-bond donors (Lipinski definition) is 0. The summed E-state index contributed by atoms with van der Waals surface area (Å²) in [7, 11) is -0.526. The van der Waals surface area contributed by atoms with E-state index in [0.29, 0.717) is 37.2 Å². The highest BCUT2D eigenvalue weighted by Gasteiger charge is 2.43. The molecular weight excluding hydrogens is 402 g/mol. The summed E-state index contributed by atoms with van der Waals surface area (Å²) in [5, 5.41) is 4.84. The molecule has 1 saturated heterocycles. The van der Waals surface area contributed by atoms with Gasteiger partial charge in [0.05, 0.1) is 35.2 Å². The van der Waals surface area contributed by atoms with Crippen LogP contribution >= 0.6 is 0 Å². The van der Waals surface area contributed by atoms with Crippen molar-refractivity contribution in [3.63, 3.8) is 0 Å². The summed E-state index contributed by atoms with van der Waals surface area (Å²) in [6, 6.07) is 5.31. The molecule has 3 heterocycles. The molecule has 2 aromatic rings. The predicted molar refractivity (Wildman–Crippen MR) is 113 cm³/mol. The third-order valence-electron chi connectivity index (χ3n) is 5.96. The van der Waals surface area contributed by atoms with E-state index in [-0.39, 0.29) is 11.2 Å². The highest BCUT2D eigenvalue weighted by atomic mass is 32.2. The monoisotopic (exact) mass is 431 g/mol. The van der Waals surface area contributed by atoms with E-state index < -0.39 is 16.3 Å². The maximum atomic E-state index is 13.2. The molecule has 30 heavy (non-hydrogen) atoms. The van der Waals surface area contributed by atoms with E-state index in [1.165, 1.54) is 22.7 Å². The molecule has 9 heteroatoms. The molecule has 1 fully saturated rings. The van der Waals surface area contributed by atoms with Gasteiger partial charge in [-0.3, -0.25) is 14.5 Å². The van der Waals surface area contributed by atoms with E-state index in [1.54, 1.807) is 6.20 Å². The summed E-state index contributed by atoms with van der Waals surface area (Å²) < 4.78 is 30.4. The van der Waals surface area contributed by atoms with E-state index in [2.05, 4.69) is 18.8 Å². The zero-order valence-electron chi connectivity index (χ0n) is 18.0. The molecule has 1 aliphatic carbocycles. The fourth-order valence-corrected chi connectivity index (χ4v) is 5.85. The average molecular weight is 432 g/mol. The second kappa shape index (κ2) is 7.55. The number of carbonyl (C=O) groups excluding carboxylic acids is 1. The molecule has 2 aliphatic rings. The van der Waals surface area contributed by atoms with Crippen LogP contribution in [0.15, 0.2) is 24.4 Å². The highest BCUT2D eigenvalue weighted by molar-refractivity contribution is 7.86. The third kappa shape index (κ3) is 3.70. The Morgan fingerprint density at radius 1 is 1.23 bits per heavy atom. The second-order valence-corrected chi connectivity index (χ2v) is 11.3. The molecule has 8 nitrogen and oxygen atoms in total. The lowest BCUT2D eigenvalue weighted by Gasteiger charge is -2.30. The first-order chi connectivity index (χ1) is 14.1. The van der Waals surface area contributed by atoms with Crippen LogP contribution in [0.1, 0.15) is 66.6 Å². The highest BCUT2D eigenvalue weighted by Crippen LogP contribution is 2.42. The van der Waals surface area contributed by atoms with Gasteiger partial charge in [0, 0.05) is 33.3 Å². The largest absolute Gasteiger partial charge is 0.294 e. The lowest BCUT2D eigenvalue weighted by atomic mass is 9.75. The van der Waals surface area contributed by atoms with Gasteiger partial charge >= 0.3 is 0 Å². The number of carbonyl (C=O) groups is 1. The summed E-state index contributed by atoms with van der Waals surface area (Å²) in [6.07, 6.45) is 4.32. The number of aromatic nitrogens is 3. The molecule has 1 aliphatic heterocycles. The molecule has 0 unspecified atom stereocenters. The normalized spacial score (nSPS) is 21.9. The van der Waals surface area contributed by atoms with Gasteiger partial charge in [0.15, 0.2) is 5.78 Å².